The summed E-state index contributed by atoms with van der Waals surface area (Å²) in [6, 6.07) is 7.93. The number of hydrogen-bond donors (Lipinski definition) is 2. The molecular weight excluding hydrogens is 479 g/mol. The molecular formula is C21H19ClF3N5O4. The van der Waals surface area contributed by atoms with Crippen molar-refractivity contribution >= 4 is 34.6 Å². The molecule has 180 valence electrons. The fourth-order valence-electron chi connectivity index (χ4n) is 3.06. The first-order chi connectivity index (χ1) is 16.1. The number of halogens is 4. The van der Waals surface area contributed by atoms with E-state index in [4.69, 9.17) is 21.1 Å². The highest BCUT2D eigenvalue weighted by atomic mass is 35.5. The van der Waals surface area contributed by atoms with Gasteiger partial charge in [-0.15, -0.1) is 0 Å². The SMILES string of the molecule is COc1ccc(CCNc2ncnc(Nc3cc(C(F)(F)F)ccc3Cl)c2[N+](=O)[O-])cc1OC. The molecule has 0 saturated carbocycles. The van der Waals surface area contributed by atoms with E-state index in [9.17, 15) is 23.3 Å². The summed E-state index contributed by atoms with van der Waals surface area (Å²) in [5, 5.41) is 17.1. The maximum atomic E-state index is 13.0. The van der Waals surface area contributed by atoms with Crippen molar-refractivity contribution in [3.05, 3.63) is 69.0 Å². The van der Waals surface area contributed by atoms with Gasteiger partial charge in [0.05, 0.1) is 35.4 Å². The Morgan fingerprint density at radius 1 is 1.06 bits per heavy atom. The summed E-state index contributed by atoms with van der Waals surface area (Å²) in [5.74, 6) is 0.688. The van der Waals surface area contributed by atoms with Crippen LogP contribution >= 0.6 is 11.6 Å². The average molecular weight is 498 g/mol. The molecule has 1 aromatic heterocycles. The first kappa shape index (κ1) is 24.8. The molecule has 0 unspecified atom stereocenters. The lowest BCUT2D eigenvalue weighted by atomic mass is 10.1. The zero-order valence-corrected chi connectivity index (χ0v) is 18.7. The third-order valence-electron chi connectivity index (χ3n) is 4.71. The molecule has 3 aromatic rings. The first-order valence-electron chi connectivity index (χ1n) is 9.72. The van der Waals surface area contributed by atoms with Gasteiger partial charge in [-0.2, -0.15) is 13.2 Å². The number of nitro groups is 1. The van der Waals surface area contributed by atoms with Gasteiger partial charge in [-0.05, 0) is 42.3 Å². The van der Waals surface area contributed by atoms with E-state index in [1.807, 2.05) is 6.07 Å². The summed E-state index contributed by atoms with van der Waals surface area (Å²) in [7, 11) is 3.03. The molecule has 34 heavy (non-hydrogen) atoms. The van der Waals surface area contributed by atoms with Gasteiger partial charge >= 0.3 is 11.9 Å². The molecule has 0 amide bonds. The monoisotopic (exact) mass is 497 g/mol. The van der Waals surface area contributed by atoms with Crippen molar-refractivity contribution < 1.29 is 27.6 Å². The third kappa shape index (κ3) is 5.76. The Bertz CT molecular complexity index is 1190. The number of nitrogens with zero attached hydrogens (tertiary/aromatic N) is 3. The molecule has 0 radical (unpaired) electrons. The minimum absolute atomic E-state index is 0.0659. The molecule has 0 fully saturated rings. The summed E-state index contributed by atoms with van der Waals surface area (Å²) in [4.78, 5) is 18.7. The average Bonchev–Trinajstić information content (AvgIpc) is 2.79. The predicted molar refractivity (Wildman–Crippen MR) is 120 cm³/mol. The standard InChI is InChI=1S/C21H19ClF3N5O4/c1-33-16-6-3-12(9-17(16)34-2)7-8-26-19-18(30(31)32)20(28-11-27-19)29-15-10-13(21(23,24)25)4-5-14(15)22/h3-6,9-11H,7-8H2,1-2H3,(H2,26,27,28,29). The van der Waals surface area contributed by atoms with Crippen LogP contribution in [0.3, 0.4) is 0 Å². The highest BCUT2D eigenvalue weighted by Crippen LogP contribution is 2.37. The minimum atomic E-state index is -4.62. The highest BCUT2D eigenvalue weighted by molar-refractivity contribution is 6.33. The maximum absolute atomic E-state index is 13.0. The molecule has 0 aliphatic carbocycles. The number of alkyl halides is 3. The number of ether oxygens (including phenoxy) is 2. The van der Waals surface area contributed by atoms with Gasteiger partial charge in [0.25, 0.3) is 0 Å². The van der Waals surface area contributed by atoms with Crippen LogP contribution < -0.4 is 20.1 Å². The van der Waals surface area contributed by atoms with Crippen molar-refractivity contribution in [3.8, 4) is 11.5 Å². The zero-order valence-electron chi connectivity index (χ0n) is 17.9. The molecule has 0 saturated heterocycles. The number of anilines is 3. The number of rotatable bonds is 9. The Hall–Kier alpha value is -3.80. The molecule has 3 rings (SSSR count). The van der Waals surface area contributed by atoms with Crippen LogP contribution in [0.25, 0.3) is 0 Å². The van der Waals surface area contributed by atoms with E-state index in [1.165, 1.54) is 14.2 Å². The second-order valence-corrected chi connectivity index (χ2v) is 7.27. The van der Waals surface area contributed by atoms with Gasteiger partial charge in [0.15, 0.2) is 11.5 Å². The Morgan fingerprint density at radius 3 is 2.41 bits per heavy atom. The molecule has 0 bridgehead atoms. The van der Waals surface area contributed by atoms with Gasteiger partial charge in [-0.1, -0.05) is 17.7 Å². The second kappa shape index (κ2) is 10.4. The zero-order chi connectivity index (χ0) is 24.9. The maximum Gasteiger partial charge on any atom is 0.416 e. The van der Waals surface area contributed by atoms with Gasteiger partial charge in [-0.25, -0.2) is 9.97 Å². The summed E-state index contributed by atoms with van der Waals surface area (Å²) >= 11 is 5.99. The van der Waals surface area contributed by atoms with Crippen LogP contribution in [0.5, 0.6) is 11.5 Å². The summed E-state index contributed by atoms with van der Waals surface area (Å²) in [6.45, 7) is 0.261. The van der Waals surface area contributed by atoms with Crippen LogP contribution in [0.4, 0.5) is 36.2 Å². The van der Waals surface area contributed by atoms with Gasteiger partial charge in [0, 0.05) is 6.54 Å². The summed E-state index contributed by atoms with van der Waals surface area (Å²) in [6.07, 6.45) is -3.10. The van der Waals surface area contributed by atoms with Crippen LogP contribution in [0.15, 0.2) is 42.7 Å². The smallest absolute Gasteiger partial charge is 0.416 e. The number of hydrogen-bond acceptors (Lipinski definition) is 8. The van der Waals surface area contributed by atoms with Crippen molar-refractivity contribution in [2.75, 3.05) is 31.4 Å². The van der Waals surface area contributed by atoms with E-state index in [-0.39, 0.29) is 28.9 Å². The Labute approximate surface area is 197 Å². The molecule has 9 nitrogen and oxygen atoms in total. The third-order valence-corrected chi connectivity index (χ3v) is 5.04. The van der Waals surface area contributed by atoms with Crippen molar-refractivity contribution in [2.24, 2.45) is 0 Å². The highest BCUT2D eigenvalue weighted by Gasteiger charge is 2.31. The first-order valence-corrected chi connectivity index (χ1v) is 10.1. The molecule has 0 atom stereocenters. The molecule has 2 N–H and O–H groups in total. The van der Waals surface area contributed by atoms with E-state index >= 15 is 0 Å². The lowest BCUT2D eigenvalue weighted by molar-refractivity contribution is -0.383. The minimum Gasteiger partial charge on any atom is -0.493 e. The van der Waals surface area contributed by atoms with Crippen LogP contribution in [0.1, 0.15) is 11.1 Å². The Balaban J connectivity index is 1.82. The fourth-order valence-corrected chi connectivity index (χ4v) is 3.22. The van der Waals surface area contributed by atoms with E-state index in [2.05, 4.69) is 20.6 Å². The topological polar surface area (TPSA) is 111 Å². The largest absolute Gasteiger partial charge is 0.493 e. The van der Waals surface area contributed by atoms with Crippen LogP contribution in [-0.4, -0.2) is 35.7 Å². The van der Waals surface area contributed by atoms with Gasteiger partial charge < -0.3 is 20.1 Å². The van der Waals surface area contributed by atoms with E-state index < -0.39 is 22.4 Å². The number of nitrogens with one attached hydrogen (secondary N) is 2. The second-order valence-electron chi connectivity index (χ2n) is 6.86. The van der Waals surface area contributed by atoms with Crippen molar-refractivity contribution in [1.29, 1.82) is 0 Å². The quantitative estimate of drug-likeness (QED) is 0.295. The molecule has 0 aliphatic heterocycles. The molecule has 0 spiro atoms. The molecule has 1 heterocycles. The lowest BCUT2D eigenvalue weighted by Crippen LogP contribution is -2.11. The van der Waals surface area contributed by atoms with Crippen LogP contribution in [0.2, 0.25) is 5.02 Å². The lowest BCUT2D eigenvalue weighted by Gasteiger charge is -2.13. The van der Waals surface area contributed by atoms with Crippen molar-refractivity contribution in [3.63, 3.8) is 0 Å². The normalized spacial score (nSPS) is 11.1. The number of aromatic nitrogens is 2. The summed E-state index contributed by atoms with van der Waals surface area (Å²) in [5.41, 5.74) is -0.821. The predicted octanol–water partition coefficient (Wildman–Crippen LogP) is 5.47. The van der Waals surface area contributed by atoms with E-state index in [0.29, 0.717) is 17.9 Å². The van der Waals surface area contributed by atoms with E-state index in [1.54, 1.807) is 12.1 Å². The number of methoxy groups -OCH3 is 2. The Kier molecular flexibility index (Phi) is 7.61. The summed E-state index contributed by atoms with van der Waals surface area (Å²) < 4.78 is 49.6. The van der Waals surface area contributed by atoms with Crippen molar-refractivity contribution in [2.45, 2.75) is 12.6 Å². The van der Waals surface area contributed by atoms with Crippen molar-refractivity contribution in [1.82, 2.24) is 9.97 Å². The van der Waals surface area contributed by atoms with Crippen LogP contribution in [-0.2, 0) is 12.6 Å². The number of benzene rings is 2. The molecule has 0 aliphatic rings. The van der Waals surface area contributed by atoms with Gasteiger partial charge in [-0.3, -0.25) is 10.1 Å². The van der Waals surface area contributed by atoms with E-state index in [0.717, 1.165) is 30.1 Å². The fraction of sp³-hybridized carbons (Fsp3) is 0.238. The molecule has 2 aromatic carbocycles. The van der Waals surface area contributed by atoms with Crippen LogP contribution in [0, 0.1) is 10.1 Å². The van der Waals surface area contributed by atoms with Gasteiger partial charge in [0.2, 0.25) is 11.6 Å². The van der Waals surface area contributed by atoms with Gasteiger partial charge in [0.1, 0.15) is 6.33 Å². The molecule has 13 heteroatoms. The Morgan fingerprint density at radius 2 is 1.76 bits per heavy atom.